The van der Waals surface area contributed by atoms with Gasteiger partial charge < -0.3 is 0 Å². The highest BCUT2D eigenvalue weighted by Gasteiger charge is 2.23. The molecule has 1 nitrogen and oxygen atoms in total. The van der Waals surface area contributed by atoms with Gasteiger partial charge in [-0.15, -0.1) is 0 Å². The zero-order valence-corrected chi connectivity index (χ0v) is 5.61. The second-order valence-electron chi connectivity index (χ2n) is 2.45. The molecule has 1 heteroatoms. The molecule has 0 amide bonds. The van der Waals surface area contributed by atoms with Crippen molar-refractivity contribution in [2.24, 2.45) is 5.92 Å². The maximum absolute atomic E-state index is 10.7. The van der Waals surface area contributed by atoms with Crippen LogP contribution in [0.2, 0.25) is 0 Å². The van der Waals surface area contributed by atoms with E-state index in [-0.39, 0.29) is 5.78 Å². The van der Waals surface area contributed by atoms with E-state index in [2.05, 4.69) is 11.8 Å². The topological polar surface area (TPSA) is 17.1 Å². The minimum atomic E-state index is 0.111. The number of ketones is 1. The monoisotopic (exact) mass is 122 g/mol. The molecule has 0 atom stereocenters. The van der Waals surface area contributed by atoms with Crippen molar-refractivity contribution in [2.75, 3.05) is 0 Å². The van der Waals surface area contributed by atoms with Crippen molar-refractivity contribution in [1.29, 1.82) is 0 Å². The molecule has 1 aliphatic carbocycles. The average molecular weight is 122 g/mol. The van der Waals surface area contributed by atoms with Crippen LogP contribution in [0.5, 0.6) is 0 Å². The molecular weight excluding hydrogens is 112 g/mol. The molecule has 1 rings (SSSR count). The Morgan fingerprint density at radius 1 is 1.67 bits per heavy atom. The highest BCUT2D eigenvalue weighted by atomic mass is 16.1. The molecule has 1 saturated carbocycles. The summed E-state index contributed by atoms with van der Waals surface area (Å²) < 4.78 is 0. The van der Waals surface area contributed by atoms with Gasteiger partial charge in [0.1, 0.15) is 0 Å². The smallest absolute Gasteiger partial charge is 0.205 e. The van der Waals surface area contributed by atoms with Gasteiger partial charge >= 0.3 is 0 Å². The summed E-state index contributed by atoms with van der Waals surface area (Å²) in [7, 11) is 0. The van der Waals surface area contributed by atoms with Crippen molar-refractivity contribution < 1.29 is 4.79 Å². The molecule has 0 bridgehead atoms. The van der Waals surface area contributed by atoms with Crippen molar-refractivity contribution in [3.8, 4) is 11.8 Å². The third kappa shape index (κ3) is 2.32. The number of carbonyl (C=O) groups excluding carboxylic acids is 1. The Hall–Kier alpha value is -0.770. The molecule has 0 N–H and O–H groups in total. The molecule has 0 aliphatic heterocycles. The Balaban J connectivity index is 2.22. The van der Waals surface area contributed by atoms with Gasteiger partial charge in [-0.25, -0.2) is 0 Å². The van der Waals surface area contributed by atoms with Gasteiger partial charge in [-0.05, 0) is 31.6 Å². The molecule has 0 aromatic rings. The van der Waals surface area contributed by atoms with Gasteiger partial charge in [0.15, 0.2) is 0 Å². The number of hydrogen-bond acceptors (Lipinski definition) is 1. The highest BCUT2D eigenvalue weighted by Crippen LogP contribution is 2.32. The summed E-state index contributed by atoms with van der Waals surface area (Å²) in [6, 6.07) is 0. The fourth-order valence-corrected chi connectivity index (χ4v) is 0.775. The van der Waals surface area contributed by atoms with Gasteiger partial charge in [-0.3, -0.25) is 4.79 Å². The van der Waals surface area contributed by atoms with E-state index in [1.54, 1.807) is 6.92 Å². The quantitative estimate of drug-likeness (QED) is 0.399. The van der Waals surface area contributed by atoms with Gasteiger partial charge in [0.2, 0.25) is 5.78 Å². The van der Waals surface area contributed by atoms with Crippen LogP contribution >= 0.6 is 0 Å². The van der Waals surface area contributed by atoms with Gasteiger partial charge in [0.05, 0.1) is 0 Å². The molecule has 0 unspecified atom stereocenters. The average Bonchev–Trinajstić information content (AvgIpc) is 2.50. The van der Waals surface area contributed by atoms with Gasteiger partial charge in [-0.1, -0.05) is 5.92 Å². The molecule has 0 heterocycles. The molecular formula is C8H10O. The van der Waals surface area contributed by atoms with Crippen LogP contribution in [0.4, 0.5) is 0 Å². The van der Waals surface area contributed by atoms with E-state index in [9.17, 15) is 4.79 Å². The van der Waals surface area contributed by atoms with Crippen LogP contribution in [0.1, 0.15) is 26.2 Å². The number of carbonyl (C=O) groups is 1. The lowest BCUT2D eigenvalue weighted by Gasteiger charge is -1.84. The first-order valence-corrected chi connectivity index (χ1v) is 3.28. The molecule has 1 aliphatic rings. The van der Waals surface area contributed by atoms with Crippen LogP contribution < -0.4 is 0 Å². The van der Waals surface area contributed by atoms with Crippen LogP contribution in [0.3, 0.4) is 0 Å². The summed E-state index contributed by atoms with van der Waals surface area (Å²) in [6.07, 6.45) is 3.16. The normalized spacial score (nSPS) is 16.1. The second kappa shape index (κ2) is 2.68. The zero-order chi connectivity index (χ0) is 6.69. The molecule has 48 valence electrons. The number of rotatable bonds is 2. The third-order valence-corrected chi connectivity index (χ3v) is 1.44. The zero-order valence-electron chi connectivity index (χ0n) is 5.61. The van der Waals surface area contributed by atoms with Crippen LogP contribution in [-0.2, 0) is 4.79 Å². The first kappa shape index (κ1) is 6.35. The van der Waals surface area contributed by atoms with Gasteiger partial charge in [0, 0.05) is 6.42 Å². The van der Waals surface area contributed by atoms with Crippen molar-refractivity contribution in [3.63, 3.8) is 0 Å². The lowest BCUT2D eigenvalue weighted by atomic mass is 10.2. The van der Waals surface area contributed by atoms with Crippen LogP contribution in [0.15, 0.2) is 0 Å². The Kier molecular flexibility index (Phi) is 1.89. The van der Waals surface area contributed by atoms with E-state index in [1.165, 1.54) is 12.8 Å². The number of hydrogen-bond donors (Lipinski definition) is 0. The van der Waals surface area contributed by atoms with E-state index >= 15 is 0 Å². The third-order valence-electron chi connectivity index (χ3n) is 1.44. The lowest BCUT2D eigenvalue weighted by Crippen LogP contribution is -1.93. The maximum Gasteiger partial charge on any atom is 0.205 e. The maximum atomic E-state index is 10.7. The fourth-order valence-electron chi connectivity index (χ4n) is 0.775. The SMILES string of the molecule is CC#CC(=O)CC1CC1. The molecule has 0 radical (unpaired) electrons. The predicted octanol–water partition coefficient (Wildman–Crippen LogP) is 1.38. The number of Topliss-reactive ketones (excluding diaryl/α,β-unsaturated/α-hetero) is 1. The predicted molar refractivity (Wildman–Crippen MR) is 35.8 cm³/mol. The van der Waals surface area contributed by atoms with Crippen LogP contribution in [0.25, 0.3) is 0 Å². The first-order chi connectivity index (χ1) is 4.33. The van der Waals surface area contributed by atoms with Crippen LogP contribution in [0, 0.1) is 17.8 Å². The summed E-state index contributed by atoms with van der Waals surface area (Å²) in [5.74, 6) is 5.92. The standard InChI is InChI=1S/C8H10O/c1-2-3-8(9)6-7-4-5-7/h7H,4-6H2,1H3. The summed E-state index contributed by atoms with van der Waals surface area (Å²) in [6.45, 7) is 1.70. The lowest BCUT2D eigenvalue weighted by molar-refractivity contribution is -0.114. The Labute approximate surface area is 55.4 Å². The first-order valence-electron chi connectivity index (χ1n) is 3.28. The minimum Gasteiger partial charge on any atom is -0.285 e. The second-order valence-corrected chi connectivity index (χ2v) is 2.45. The minimum absolute atomic E-state index is 0.111. The van der Waals surface area contributed by atoms with E-state index in [0.29, 0.717) is 12.3 Å². The Morgan fingerprint density at radius 2 is 2.33 bits per heavy atom. The van der Waals surface area contributed by atoms with Crippen molar-refractivity contribution >= 4 is 5.78 Å². The Morgan fingerprint density at radius 3 is 2.78 bits per heavy atom. The molecule has 0 aromatic carbocycles. The Bertz CT molecular complexity index is 167. The summed E-state index contributed by atoms with van der Waals surface area (Å²) in [5.41, 5.74) is 0. The van der Waals surface area contributed by atoms with Crippen molar-refractivity contribution in [2.45, 2.75) is 26.2 Å². The molecule has 1 fully saturated rings. The van der Waals surface area contributed by atoms with Gasteiger partial charge in [0.25, 0.3) is 0 Å². The highest BCUT2D eigenvalue weighted by molar-refractivity contribution is 5.95. The van der Waals surface area contributed by atoms with E-state index in [1.807, 2.05) is 0 Å². The summed E-state index contributed by atoms with van der Waals surface area (Å²) in [5, 5.41) is 0. The molecule has 0 aromatic heterocycles. The summed E-state index contributed by atoms with van der Waals surface area (Å²) in [4.78, 5) is 10.7. The van der Waals surface area contributed by atoms with E-state index in [0.717, 1.165) is 0 Å². The molecule has 9 heavy (non-hydrogen) atoms. The molecule has 0 spiro atoms. The largest absolute Gasteiger partial charge is 0.285 e. The van der Waals surface area contributed by atoms with Gasteiger partial charge in [-0.2, -0.15) is 0 Å². The van der Waals surface area contributed by atoms with E-state index < -0.39 is 0 Å². The van der Waals surface area contributed by atoms with Crippen LogP contribution in [-0.4, -0.2) is 5.78 Å². The van der Waals surface area contributed by atoms with Crippen molar-refractivity contribution in [1.82, 2.24) is 0 Å². The molecule has 0 saturated heterocycles. The van der Waals surface area contributed by atoms with Crippen molar-refractivity contribution in [3.05, 3.63) is 0 Å². The van der Waals surface area contributed by atoms with E-state index in [4.69, 9.17) is 0 Å². The fraction of sp³-hybridized carbons (Fsp3) is 0.625. The summed E-state index contributed by atoms with van der Waals surface area (Å²) >= 11 is 0.